The van der Waals surface area contributed by atoms with Crippen molar-refractivity contribution in [2.24, 2.45) is 0 Å². The molecule has 0 amide bonds. The fourth-order valence-corrected chi connectivity index (χ4v) is 1.39. The molecule has 9 heavy (non-hydrogen) atoms. The van der Waals surface area contributed by atoms with E-state index in [1.165, 1.54) is 17.3 Å². The first-order valence-electron chi connectivity index (χ1n) is 3.41. The van der Waals surface area contributed by atoms with Gasteiger partial charge in [-0.05, 0) is 0 Å². The van der Waals surface area contributed by atoms with E-state index < -0.39 is 0 Å². The Morgan fingerprint density at radius 3 is 2.44 bits per heavy atom. The SMILES string of the molecule is CC(=O)CCCC[CH2][Sn]. The number of hydrogen-bond acceptors (Lipinski definition) is 1. The molecule has 0 aromatic carbocycles. The Hall–Kier alpha value is 0.469. The molecule has 2 heteroatoms. The molecule has 0 rings (SSSR count). The van der Waals surface area contributed by atoms with E-state index in [1.807, 2.05) is 0 Å². The van der Waals surface area contributed by atoms with Crippen molar-refractivity contribution in [3.05, 3.63) is 0 Å². The van der Waals surface area contributed by atoms with E-state index in [9.17, 15) is 4.79 Å². The number of Topliss-reactive ketones (excluding diaryl/α,β-unsaturated/α-hetero) is 1. The van der Waals surface area contributed by atoms with Gasteiger partial charge in [0.25, 0.3) is 0 Å². The maximum atomic E-state index is 10.4. The minimum atomic E-state index is 0.332. The number of unbranched alkanes of at least 4 members (excludes halogenated alkanes) is 2. The fourth-order valence-electron chi connectivity index (χ4n) is 0.676. The number of hydrogen-bond donors (Lipinski definition) is 0. The molecule has 0 saturated carbocycles. The van der Waals surface area contributed by atoms with Gasteiger partial charge in [-0.2, -0.15) is 0 Å². The van der Waals surface area contributed by atoms with E-state index in [4.69, 9.17) is 0 Å². The molecule has 0 atom stereocenters. The zero-order chi connectivity index (χ0) is 7.11. The van der Waals surface area contributed by atoms with E-state index in [2.05, 4.69) is 0 Å². The third-order valence-corrected chi connectivity index (χ3v) is 2.21. The van der Waals surface area contributed by atoms with Gasteiger partial charge in [-0.15, -0.1) is 0 Å². The fraction of sp³-hybridized carbons (Fsp3) is 0.857. The van der Waals surface area contributed by atoms with Crippen LogP contribution in [0.1, 0.15) is 32.6 Å². The van der Waals surface area contributed by atoms with Crippen LogP contribution in [0.5, 0.6) is 0 Å². The monoisotopic (exact) mass is 233 g/mol. The zero-order valence-corrected chi connectivity index (χ0v) is 8.80. The van der Waals surface area contributed by atoms with Crippen LogP contribution in [-0.2, 0) is 4.79 Å². The topological polar surface area (TPSA) is 17.1 Å². The van der Waals surface area contributed by atoms with Crippen molar-refractivity contribution in [1.82, 2.24) is 0 Å². The average Bonchev–Trinajstić information content (AvgIpc) is 1.80. The van der Waals surface area contributed by atoms with Crippen LogP contribution >= 0.6 is 0 Å². The summed E-state index contributed by atoms with van der Waals surface area (Å²) in [7, 11) is 0. The Kier molecular flexibility index (Phi) is 6.93. The predicted octanol–water partition coefficient (Wildman–Crippen LogP) is 1.72. The summed E-state index contributed by atoms with van der Waals surface area (Å²) in [5.74, 6) is 0.332. The molecule has 0 aromatic rings. The van der Waals surface area contributed by atoms with Crippen molar-refractivity contribution in [2.45, 2.75) is 37.0 Å². The Labute approximate surface area is 70.3 Å². The summed E-state index contributed by atoms with van der Waals surface area (Å²) >= 11 is 1.62. The zero-order valence-electron chi connectivity index (χ0n) is 5.94. The van der Waals surface area contributed by atoms with Gasteiger partial charge in [-0.25, -0.2) is 0 Å². The third-order valence-electron chi connectivity index (χ3n) is 1.21. The van der Waals surface area contributed by atoms with Gasteiger partial charge in [-0.1, -0.05) is 0 Å². The molecule has 0 aliphatic carbocycles. The first-order valence-corrected chi connectivity index (χ1v) is 5.43. The van der Waals surface area contributed by atoms with Crippen molar-refractivity contribution >= 4 is 28.3 Å². The summed E-state index contributed by atoms with van der Waals surface area (Å²) < 4.78 is 1.34. The molecular weight excluding hydrogens is 219 g/mol. The van der Waals surface area contributed by atoms with Gasteiger partial charge < -0.3 is 0 Å². The van der Waals surface area contributed by atoms with Crippen LogP contribution < -0.4 is 0 Å². The van der Waals surface area contributed by atoms with Crippen LogP contribution in [0.15, 0.2) is 0 Å². The van der Waals surface area contributed by atoms with Crippen molar-refractivity contribution in [1.29, 1.82) is 0 Å². The normalized spacial score (nSPS) is 9.56. The van der Waals surface area contributed by atoms with Crippen LogP contribution in [-0.4, -0.2) is 28.3 Å². The quantitative estimate of drug-likeness (QED) is 0.520. The molecule has 0 spiro atoms. The van der Waals surface area contributed by atoms with Gasteiger partial charge in [0.15, 0.2) is 0 Å². The van der Waals surface area contributed by atoms with Gasteiger partial charge in [0.2, 0.25) is 0 Å². The third kappa shape index (κ3) is 8.47. The summed E-state index contributed by atoms with van der Waals surface area (Å²) in [6.45, 7) is 1.66. The molecule has 0 N–H and O–H groups in total. The van der Waals surface area contributed by atoms with Crippen LogP contribution in [0.3, 0.4) is 0 Å². The molecule has 0 aliphatic heterocycles. The summed E-state index contributed by atoms with van der Waals surface area (Å²) in [5.41, 5.74) is 0. The van der Waals surface area contributed by atoms with Gasteiger partial charge in [0.05, 0.1) is 0 Å². The number of carbonyl (C=O) groups excluding carboxylic acids is 1. The maximum absolute atomic E-state index is 10.4. The number of carbonyl (C=O) groups is 1. The molecule has 0 aliphatic rings. The summed E-state index contributed by atoms with van der Waals surface area (Å²) in [5, 5.41) is 0. The van der Waals surface area contributed by atoms with Crippen LogP contribution in [0, 0.1) is 0 Å². The van der Waals surface area contributed by atoms with Crippen molar-refractivity contribution < 1.29 is 4.79 Å². The van der Waals surface area contributed by atoms with E-state index in [0.29, 0.717) is 5.78 Å². The molecule has 0 heterocycles. The second-order valence-electron chi connectivity index (χ2n) is 2.26. The van der Waals surface area contributed by atoms with Gasteiger partial charge in [-0.3, -0.25) is 0 Å². The molecule has 0 aromatic heterocycles. The number of rotatable bonds is 5. The average molecular weight is 232 g/mol. The number of ketones is 1. The predicted molar refractivity (Wildman–Crippen MR) is 39.7 cm³/mol. The minimum absolute atomic E-state index is 0.332. The molecule has 0 bridgehead atoms. The Morgan fingerprint density at radius 2 is 2.00 bits per heavy atom. The molecule has 0 fully saturated rings. The molecular formula is C7H13OSn. The van der Waals surface area contributed by atoms with E-state index in [0.717, 1.165) is 12.8 Å². The van der Waals surface area contributed by atoms with Crippen LogP contribution in [0.2, 0.25) is 4.44 Å². The van der Waals surface area contributed by atoms with E-state index in [1.54, 1.807) is 29.4 Å². The van der Waals surface area contributed by atoms with Gasteiger partial charge >= 0.3 is 70.1 Å². The molecule has 0 unspecified atom stereocenters. The van der Waals surface area contributed by atoms with Crippen molar-refractivity contribution in [3.63, 3.8) is 0 Å². The van der Waals surface area contributed by atoms with Crippen molar-refractivity contribution in [3.8, 4) is 0 Å². The van der Waals surface area contributed by atoms with Crippen molar-refractivity contribution in [2.75, 3.05) is 0 Å². The van der Waals surface area contributed by atoms with Crippen LogP contribution in [0.25, 0.3) is 0 Å². The first-order chi connectivity index (χ1) is 4.27. The molecule has 3 radical (unpaired) electrons. The summed E-state index contributed by atoms with van der Waals surface area (Å²) in [6.07, 6.45) is 4.44. The Balaban J connectivity index is 2.83. The molecule has 0 saturated heterocycles. The summed E-state index contributed by atoms with van der Waals surface area (Å²) in [6, 6.07) is 0. The Bertz CT molecular complexity index is 81.0. The van der Waals surface area contributed by atoms with Gasteiger partial charge in [0, 0.05) is 0 Å². The standard InChI is InChI=1S/C7H13O.Sn/c1-3-4-5-6-7(2)8;/h1,3-6H2,2H3;. The van der Waals surface area contributed by atoms with Crippen LogP contribution in [0.4, 0.5) is 0 Å². The summed E-state index contributed by atoms with van der Waals surface area (Å²) in [4.78, 5) is 10.4. The van der Waals surface area contributed by atoms with Gasteiger partial charge in [0.1, 0.15) is 0 Å². The second-order valence-corrected chi connectivity index (χ2v) is 3.69. The first kappa shape index (κ1) is 9.47. The van der Waals surface area contributed by atoms with E-state index >= 15 is 0 Å². The van der Waals surface area contributed by atoms with E-state index in [-0.39, 0.29) is 0 Å². The Morgan fingerprint density at radius 1 is 1.33 bits per heavy atom. The molecule has 51 valence electrons. The second kappa shape index (κ2) is 6.59. The molecule has 1 nitrogen and oxygen atoms in total.